The van der Waals surface area contributed by atoms with E-state index in [-0.39, 0.29) is 23.9 Å². The van der Waals surface area contributed by atoms with Gasteiger partial charge in [0, 0.05) is 18.5 Å². The zero-order chi connectivity index (χ0) is 11.5. The second kappa shape index (κ2) is 4.85. The Bertz CT molecular complexity index is 285. The molecule has 4 nitrogen and oxygen atoms in total. The van der Waals surface area contributed by atoms with Gasteiger partial charge in [0.05, 0.1) is 0 Å². The minimum atomic E-state index is -0.179. The van der Waals surface area contributed by atoms with Crippen molar-refractivity contribution in [2.45, 2.75) is 51.5 Å². The van der Waals surface area contributed by atoms with Crippen LogP contribution in [0.15, 0.2) is 0 Å². The number of nitrogens with one attached hydrogen (secondary N) is 1. The van der Waals surface area contributed by atoms with Crippen LogP contribution in [-0.2, 0) is 4.79 Å². The van der Waals surface area contributed by atoms with Gasteiger partial charge in [-0.3, -0.25) is 9.69 Å². The Morgan fingerprint density at radius 1 is 1.12 bits per heavy atom. The van der Waals surface area contributed by atoms with Gasteiger partial charge in [0.25, 0.3) is 0 Å². The molecule has 1 saturated carbocycles. The predicted molar refractivity (Wildman–Crippen MR) is 60.9 cm³/mol. The molecule has 2 fully saturated rings. The van der Waals surface area contributed by atoms with Crippen LogP contribution >= 0.6 is 0 Å². The summed E-state index contributed by atoms with van der Waals surface area (Å²) in [5.74, 6) is -0.0113. The summed E-state index contributed by atoms with van der Waals surface area (Å²) in [5, 5.41) is 2.82. The standard InChI is InChI=1S/C12H20N2O2/c1-9-7-8-13-12(16)14(11(9)15)10-5-3-2-4-6-10/h9-10H,2-8H2,1H3,(H,13,16). The molecule has 3 amide bonds. The lowest BCUT2D eigenvalue weighted by Crippen LogP contribution is -2.49. The topological polar surface area (TPSA) is 49.4 Å². The van der Waals surface area contributed by atoms with Gasteiger partial charge < -0.3 is 5.32 Å². The largest absolute Gasteiger partial charge is 0.338 e. The van der Waals surface area contributed by atoms with Crippen LogP contribution in [0.4, 0.5) is 4.79 Å². The van der Waals surface area contributed by atoms with Crippen molar-refractivity contribution in [1.29, 1.82) is 0 Å². The number of nitrogens with zero attached hydrogens (tertiary/aromatic N) is 1. The van der Waals surface area contributed by atoms with Gasteiger partial charge in [-0.1, -0.05) is 26.2 Å². The van der Waals surface area contributed by atoms with Crippen molar-refractivity contribution >= 4 is 11.9 Å². The fraction of sp³-hybridized carbons (Fsp3) is 0.833. The van der Waals surface area contributed by atoms with Crippen molar-refractivity contribution in [1.82, 2.24) is 10.2 Å². The van der Waals surface area contributed by atoms with E-state index in [0.29, 0.717) is 6.54 Å². The third kappa shape index (κ3) is 2.20. The fourth-order valence-corrected chi connectivity index (χ4v) is 2.63. The maximum Gasteiger partial charge on any atom is 0.324 e. The highest BCUT2D eigenvalue weighted by Gasteiger charge is 2.34. The van der Waals surface area contributed by atoms with Crippen LogP contribution in [0, 0.1) is 5.92 Å². The van der Waals surface area contributed by atoms with Crippen molar-refractivity contribution < 1.29 is 9.59 Å². The summed E-state index contributed by atoms with van der Waals surface area (Å²) in [6, 6.07) is -0.0388. The van der Waals surface area contributed by atoms with Gasteiger partial charge in [-0.2, -0.15) is 0 Å². The van der Waals surface area contributed by atoms with Gasteiger partial charge in [-0.15, -0.1) is 0 Å². The molecule has 2 rings (SSSR count). The summed E-state index contributed by atoms with van der Waals surface area (Å²) < 4.78 is 0. The first kappa shape index (κ1) is 11.4. The van der Waals surface area contributed by atoms with E-state index in [2.05, 4.69) is 5.32 Å². The van der Waals surface area contributed by atoms with Crippen LogP contribution in [0.3, 0.4) is 0 Å². The van der Waals surface area contributed by atoms with E-state index >= 15 is 0 Å². The highest BCUT2D eigenvalue weighted by atomic mass is 16.2. The lowest BCUT2D eigenvalue weighted by molar-refractivity contribution is -0.133. The Kier molecular flexibility index (Phi) is 3.46. The number of hydrogen-bond acceptors (Lipinski definition) is 2. The first-order valence-corrected chi connectivity index (χ1v) is 6.31. The van der Waals surface area contributed by atoms with Crippen molar-refractivity contribution in [2.75, 3.05) is 6.54 Å². The molecule has 1 N–H and O–H groups in total. The molecule has 1 aliphatic carbocycles. The maximum absolute atomic E-state index is 12.1. The van der Waals surface area contributed by atoms with Gasteiger partial charge in [-0.05, 0) is 19.3 Å². The third-order valence-corrected chi connectivity index (χ3v) is 3.67. The van der Waals surface area contributed by atoms with Crippen LogP contribution in [0.25, 0.3) is 0 Å². The van der Waals surface area contributed by atoms with E-state index in [1.165, 1.54) is 11.3 Å². The molecule has 1 unspecified atom stereocenters. The zero-order valence-electron chi connectivity index (χ0n) is 9.87. The monoisotopic (exact) mass is 224 g/mol. The molecule has 0 spiro atoms. The molecule has 4 heteroatoms. The SMILES string of the molecule is CC1CCNC(=O)N(C2CCCCC2)C1=O. The second-order valence-electron chi connectivity index (χ2n) is 4.92. The molecule has 1 saturated heterocycles. The van der Waals surface area contributed by atoms with E-state index in [0.717, 1.165) is 32.1 Å². The summed E-state index contributed by atoms with van der Waals surface area (Å²) in [7, 11) is 0. The van der Waals surface area contributed by atoms with Crippen molar-refractivity contribution in [3.8, 4) is 0 Å². The summed E-state index contributed by atoms with van der Waals surface area (Å²) in [6.45, 7) is 2.54. The zero-order valence-corrected chi connectivity index (χ0v) is 9.87. The van der Waals surface area contributed by atoms with E-state index < -0.39 is 0 Å². The maximum atomic E-state index is 12.1. The summed E-state index contributed by atoms with van der Waals surface area (Å²) in [5.41, 5.74) is 0. The van der Waals surface area contributed by atoms with Gasteiger partial charge >= 0.3 is 6.03 Å². The highest BCUT2D eigenvalue weighted by molar-refractivity contribution is 5.96. The molecule has 0 aromatic heterocycles. The molecule has 90 valence electrons. The molecule has 1 aliphatic heterocycles. The average molecular weight is 224 g/mol. The van der Waals surface area contributed by atoms with Crippen molar-refractivity contribution in [3.05, 3.63) is 0 Å². The lowest BCUT2D eigenvalue weighted by Gasteiger charge is -2.32. The molecule has 0 bridgehead atoms. The summed E-state index contributed by atoms with van der Waals surface area (Å²) in [6.07, 6.45) is 6.22. The Morgan fingerprint density at radius 2 is 1.81 bits per heavy atom. The predicted octanol–water partition coefficient (Wildman–Crippen LogP) is 1.90. The number of rotatable bonds is 1. The number of carbonyl (C=O) groups excluding carboxylic acids is 2. The minimum Gasteiger partial charge on any atom is -0.338 e. The van der Waals surface area contributed by atoms with Gasteiger partial charge in [0.2, 0.25) is 5.91 Å². The molecule has 1 heterocycles. The normalized spacial score (nSPS) is 28.8. The van der Waals surface area contributed by atoms with Gasteiger partial charge in [-0.25, -0.2) is 4.79 Å². The Balaban J connectivity index is 2.13. The average Bonchev–Trinajstić information content (AvgIpc) is 2.41. The van der Waals surface area contributed by atoms with Crippen LogP contribution in [0.5, 0.6) is 0 Å². The quantitative estimate of drug-likeness (QED) is 0.739. The number of carbonyl (C=O) groups is 2. The van der Waals surface area contributed by atoms with Crippen LogP contribution in [0.1, 0.15) is 45.4 Å². The van der Waals surface area contributed by atoms with Gasteiger partial charge in [0.1, 0.15) is 0 Å². The Labute approximate surface area is 96.4 Å². The first-order chi connectivity index (χ1) is 7.70. The van der Waals surface area contributed by atoms with E-state index in [9.17, 15) is 9.59 Å². The number of amides is 3. The lowest BCUT2D eigenvalue weighted by atomic mass is 9.93. The smallest absolute Gasteiger partial charge is 0.324 e. The fourth-order valence-electron chi connectivity index (χ4n) is 2.63. The second-order valence-corrected chi connectivity index (χ2v) is 4.92. The third-order valence-electron chi connectivity index (χ3n) is 3.67. The minimum absolute atomic E-state index is 0.0156. The summed E-state index contributed by atoms with van der Waals surface area (Å²) in [4.78, 5) is 25.5. The molecular formula is C12H20N2O2. The van der Waals surface area contributed by atoms with Crippen molar-refractivity contribution in [3.63, 3.8) is 0 Å². The van der Waals surface area contributed by atoms with Crippen LogP contribution in [0.2, 0.25) is 0 Å². The van der Waals surface area contributed by atoms with E-state index in [1.807, 2.05) is 6.92 Å². The number of hydrogen-bond donors (Lipinski definition) is 1. The molecule has 0 radical (unpaired) electrons. The first-order valence-electron chi connectivity index (χ1n) is 6.31. The van der Waals surface area contributed by atoms with Crippen molar-refractivity contribution in [2.24, 2.45) is 5.92 Å². The highest BCUT2D eigenvalue weighted by Crippen LogP contribution is 2.25. The molecule has 0 aromatic carbocycles. The van der Waals surface area contributed by atoms with Gasteiger partial charge in [0.15, 0.2) is 0 Å². The number of urea groups is 1. The Hall–Kier alpha value is -1.06. The summed E-state index contributed by atoms with van der Waals surface area (Å²) >= 11 is 0. The van der Waals surface area contributed by atoms with Crippen LogP contribution < -0.4 is 5.32 Å². The van der Waals surface area contributed by atoms with E-state index in [1.54, 1.807) is 0 Å². The molecular weight excluding hydrogens is 204 g/mol. The molecule has 16 heavy (non-hydrogen) atoms. The molecule has 2 aliphatic rings. The molecule has 1 atom stereocenters. The Morgan fingerprint density at radius 3 is 2.50 bits per heavy atom. The number of imide groups is 1. The molecule has 0 aromatic rings. The van der Waals surface area contributed by atoms with E-state index in [4.69, 9.17) is 0 Å². The van der Waals surface area contributed by atoms with Crippen LogP contribution in [-0.4, -0.2) is 29.4 Å².